The molecule has 1 atom stereocenters. The lowest BCUT2D eigenvalue weighted by atomic mass is 10.2. The molecule has 0 aromatic rings. The summed E-state index contributed by atoms with van der Waals surface area (Å²) in [6.07, 6.45) is 1.32. The van der Waals surface area contributed by atoms with Crippen molar-refractivity contribution in [3.63, 3.8) is 0 Å². The van der Waals surface area contributed by atoms with Gasteiger partial charge < -0.3 is 44.2 Å². The third-order valence-electron chi connectivity index (χ3n) is 1.67. The molecule has 0 rings (SSSR count). The van der Waals surface area contributed by atoms with Gasteiger partial charge in [-0.05, 0) is 6.92 Å². The molecular formula is C7H20Br2N2. The highest BCUT2D eigenvalue weighted by Gasteiger charge is 2.02. The second-order valence-corrected chi connectivity index (χ2v) is 3.06. The highest BCUT2D eigenvalue weighted by Crippen LogP contribution is 1.76. The van der Waals surface area contributed by atoms with Gasteiger partial charge in [-0.15, -0.1) is 0 Å². The maximum absolute atomic E-state index is 2.27. The molecule has 0 heterocycles. The van der Waals surface area contributed by atoms with E-state index in [1.165, 1.54) is 13.0 Å². The lowest BCUT2D eigenvalue weighted by molar-refractivity contribution is -0.861. The Morgan fingerprint density at radius 2 is 1.73 bits per heavy atom. The maximum Gasteiger partial charge on any atom is 0.0882 e. The van der Waals surface area contributed by atoms with Gasteiger partial charge in [0.05, 0.1) is 33.7 Å². The smallest absolute Gasteiger partial charge is 0.0882 e. The van der Waals surface area contributed by atoms with Gasteiger partial charge in [-0.2, -0.15) is 0 Å². The van der Waals surface area contributed by atoms with E-state index in [1.807, 2.05) is 0 Å². The minimum atomic E-state index is 0. The van der Waals surface area contributed by atoms with E-state index in [1.54, 1.807) is 4.90 Å². The molecule has 0 aliphatic heterocycles. The first kappa shape index (κ1) is 17.8. The van der Waals surface area contributed by atoms with E-state index in [-0.39, 0.29) is 34.0 Å². The summed E-state index contributed by atoms with van der Waals surface area (Å²) in [6.45, 7) is 3.55. The van der Waals surface area contributed by atoms with Crippen LogP contribution >= 0.6 is 0 Å². The van der Waals surface area contributed by atoms with Crippen LogP contribution in [0.3, 0.4) is 0 Å². The third kappa shape index (κ3) is 13.8. The van der Waals surface area contributed by atoms with Crippen molar-refractivity contribution >= 4 is 0 Å². The maximum atomic E-state index is 2.27. The molecule has 0 aliphatic rings. The monoisotopic (exact) mass is 290 g/mol. The Kier molecular flexibility index (Phi) is 17.6. The highest BCUT2D eigenvalue weighted by atomic mass is 79.9. The summed E-state index contributed by atoms with van der Waals surface area (Å²) >= 11 is 0. The van der Waals surface area contributed by atoms with Gasteiger partial charge in [-0.25, -0.2) is 0 Å². The van der Waals surface area contributed by atoms with Crippen molar-refractivity contribution in [1.82, 2.24) is 0 Å². The number of hydrogen-bond acceptors (Lipinski definition) is 0. The molecule has 3 N–H and O–H groups in total. The minimum Gasteiger partial charge on any atom is -1.00 e. The molecule has 0 aromatic heterocycles. The molecule has 11 heavy (non-hydrogen) atoms. The van der Waals surface area contributed by atoms with Gasteiger partial charge in [-0.1, -0.05) is 0 Å². The van der Waals surface area contributed by atoms with Crippen LogP contribution in [0, 0.1) is 0 Å². The highest BCUT2D eigenvalue weighted by molar-refractivity contribution is 4.40. The Balaban J connectivity index is -0.000000320. The average Bonchev–Trinajstić information content (AvgIpc) is 1.83. The first-order valence-corrected chi connectivity index (χ1v) is 3.75. The fourth-order valence-corrected chi connectivity index (χ4v) is 0.683. The molecule has 4 heteroatoms. The topological polar surface area (TPSA) is 21.1 Å². The largest absolute Gasteiger partial charge is 1.00 e. The summed E-state index contributed by atoms with van der Waals surface area (Å²) in [7, 11) is 6.53. The molecule has 0 radical (unpaired) electrons. The zero-order valence-electron chi connectivity index (χ0n) is 7.82. The van der Waals surface area contributed by atoms with Gasteiger partial charge in [0.1, 0.15) is 0 Å². The van der Waals surface area contributed by atoms with E-state index >= 15 is 0 Å². The minimum absolute atomic E-state index is 0. The number of quaternary nitrogens is 2. The summed E-state index contributed by atoms with van der Waals surface area (Å²) in [5.74, 6) is 0. The average molecular weight is 292 g/mol. The molecular weight excluding hydrogens is 272 g/mol. The molecule has 0 bridgehead atoms. The Bertz CT molecular complexity index is 69.5. The van der Waals surface area contributed by atoms with Crippen LogP contribution in [0.15, 0.2) is 0 Å². The lowest BCUT2D eigenvalue weighted by Crippen LogP contribution is -3.06. The van der Waals surface area contributed by atoms with Gasteiger partial charge in [0.2, 0.25) is 0 Å². The third-order valence-corrected chi connectivity index (χ3v) is 1.67. The predicted molar refractivity (Wildman–Crippen MR) is 39.6 cm³/mol. The van der Waals surface area contributed by atoms with Gasteiger partial charge in [0.15, 0.2) is 0 Å². The molecule has 0 saturated carbocycles. The molecule has 0 fully saturated rings. The van der Waals surface area contributed by atoms with Crippen LogP contribution in [-0.2, 0) is 0 Å². The second-order valence-electron chi connectivity index (χ2n) is 3.06. The van der Waals surface area contributed by atoms with E-state index in [0.717, 1.165) is 6.04 Å². The van der Waals surface area contributed by atoms with Gasteiger partial charge >= 0.3 is 0 Å². The summed E-state index contributed by atoms with van der Waals surface area (Å²) in [5.41, 5.74) is 0. The van der Waals surface area contributed by atoms with Crippen molar-refractivity contribution in [3.8, 4) is 0 Å². The summed E-state index contributed by atoms with van der Waals surface area (Å²) in [4.78, 5) is 1.55. The van der Waals surface area contributed by atoms with E-state index in [9.17, 15) is 0 Å². The van der Waals surface area contributed by atoms with Crippen LogP contribution < -0.4 is 44.2 Å². The van der Waals surface area contributed by atoms with Crippen LogP contribution in [0.5, 0.6) is 0 Å². The standard InChI is InChI=1S/C7H18N2.2BrH/c1-7(8-2)5-6-9(3)4;;/h7-8H,5-6H2,1-4H3;2*1H. The first-order valence-electron chi connectivity index (χ1n) is 3.75. The first-order chi connectivity index (χ1) is 4.16. The number of nitrogens with one attached hydrogen (secondary N) is 1. The van der Waals surface area contributed by atoms with Crippen molar-refractivity contribution in [3.05, 3.63) is 0 Å². The van der Waals surface area contributed by atoms with Crippen LogP contribution in [-0.4, -0.2) is 33.7 Å². The SMILES string of the molecule is C[NH2+]C(C)CC[NH+](C)C.[Br-].[Br-]. The van der Waals surface area contributed by atoms with E-state index < -0.39 is 0 Å². The van der Waals surface area contributed by atoms with Crippen molar-refractivity contribution in [1.29, 1.82) is 0 Å². The van der Waals surface area contributed by atoms with Crippen LogP contribution in [0.25, 0.3) is 0 Å². The lowest BCUT2D eigenvalue weighted by Gasteiger charge is -2.09. The number of nitrogens with two attached hydrogens (primary N) is 1. The molecule has 1 unspecified atom stereocenters. The molecule has 0 saturated heterocycles. The Morgan fingerprint density at radius 1 is 1.27 bits per heavy atom. The molecule has 72 valence electrons. The Hall–Kier alpha value is 0.880. The molecule has 0 amide bonds. The zero-order valence-corrected chi connectivity index (χ0v) is 11.0. The van der Waals surface area contributed by atoms with Crippen LogP contribution in [0.4, 0.5) is 0 Å². The van der Waals surface area contributed by atoms with Crippen molar-refractivity contribution in [2.45, 2.75) is 19.4 Å². The van der Waals surface area contributed by atoms with E-state index in [4.69, 9.17) is 0 Å². The molecule has 2 nitrogen and oxygen atoms in total. The number of rotatable bonds is 4. The van der Waals surface area contributed by atoms with E-state index in [2.05, 4.69) is 33.4 Å². The second kappa shape index (κ2) is 10.9. The van der Waals surface area contributed by atoms with Crippen molar-refractivity contribution < 1.29 is 44.2 Å². The van der Waals surface area contributed by atoms with Crippen LogP contribution in [0.2, 0.25) is 0 Å². The molecule has 0 aliphatic carbocycles. The fraction of sp³-hybridized carbons (Fsp3) is 1.00. The van der Waals surface area contributed by atoms with E-state index in [0.29, 0.717) is 0 Å². The molecule has 0 spiro atoms. The van der Waals surface area contributed by atoms with Gasteiger partial charge in [0.25, 0.3) is 0 Å². The van der Waals surface area contributed by atoms with Gasteiger partial charge in [-0.3, -0.25) is 0 Å². The zero-order chi connectivity index (χ0) is 7.28. The Morgan fingerprint density at radius 3 is 2.00 bits per heavy atom. The summed E-state index contributed by atoms with van der Waals surface area (Å²) in [5, 5.41) is 2.27. The van der Waals surface area contributed by atoms with Crippen molar-refractivity contribution in [2.24, 2.45) is 0 Å². The quantitative estimate of drug-likeness (QED) is 0.514. The molecule has 0 aromatic carbocycles. The summed E-state index contributed by atoms with van der Waals surface area (Å²) in [6, 6.07) is 0.792. The predicted octanol–water partition coefficient (Wildman–Crippen LogP) is -7.89. The Labute approximate surface area is 91.3 Å². The van der Waals surface area contributed by atoms with Crippen molar-refractivity contribution in [2.75, 3.05) is 27.7 Å². The normalized spacial score (nSPS) is 11.7. The number of hydrogen-bond donors (Lipinski definition) is 2. The summed E-state index contributed by atoms with van der Waals surface area (Å²) < 4.78 is 0. The van der Waals surface area contributed by atoms with Crippen LogP contribution in [0.1, 0.15) is 13.3 Å². The number of halogens is 2. The fourth-order valence-electron chi connectivity index (χ4n) is 0.683. The van der Waals surface area contributed by atoms with Gasteiger partial charge in [0, 0.05) is 6.42 Å².